The number of aliphatic hydroxyl groups is 1. The van der Waals surface area contributed by atoms with Gasteiger partial charge in [-0.15, -0.1) is 0 Å². The maximum Gasteiger partial charge on any atom is 0.296 e. The van der Waals surface area contributed by atoms with Gasteiger partial charge in [0.15, 0.2) is 0 Å². The molecule has 3 aromatic carbocycles. The molecule has 192 valence electrons. The Kier molecular flexibility index (Phi) is 7.20. The highest BCUT2D eigenvalue weighted by atomic mass is 35.5. The highest BCUT2D eigenvalue weighted by molar-refractivity contribution is 6.46. The fraction of sp³-hybridized carbons (Fsp3) is 0.133. The predicted molar refractivity (Wildman–Crippen MR) is 142 cm³/mol. The standard InChI is InChI=1S/C30H24ClNO6/c1-36-25-16-21(12-13-24(25)31)28(33)26-27(32(30(35)29(26)34)17-23-11-6-14-37-23)20-9-5-10-22(15-20)38-18-19-7-3-2-4-8-19/h2-16,27,33H,17-18H2,1H3/b28-26-. The maximum absolute atomic E-state index is 13.3. The van der Waals surface area contributed by atoms with Crippen LogP contribution in [0.3, 0.4) is 0 Å². The topological polar surface area (TPSA) is 89.2 Å². The number of ketones is 1. The number of benzene rings is 3. The van der Waals surface area contributed by atoms with Gasteiger partial charge in [0.1, 0.15) is 29.6 Å². The molecule has 1 saturated heterocycles. The molecule has 0 aliphatic carbocycles. The summed E-state index contributed by atoms with van der Waals surface area (Å²) in [5.74, 6) is -0.494. The van der Waals surface area contributed by atoms with Crippen LogP contribution < -0.4 is 9.47 Å². The van der Waals surface area contributed by atoms with E-state index in [1.165, 1.54) is 24.3 Å². The van der Waals surface area contributed by atoms with Gasteiger partial charge in [-0.3, -0.25) is 9.59 Å². The second-order valence-corrected chi connectivity index (χ2v) is 9.11. The summed E-state index contributed by atoms with van der Waals surface area (Å²) >= 11 is 6.15. The zero-order valence-corrected chi connectivity index (χ0v) is 21.2. The van der Waals surface area contributed by atoms with Crippen molar-refractivity contribution in [2.45, 2.75) is 19.2 Å². The zero-order valence-electron chi connectivity index (χ0n) is 20.5. The molecule has 5 rings (SSSR count). The summed E-state index contributed by atoms with van der Waals surface area (Å²) in [6.07, 6.45) is 1.50. The van der Waals surface area contributed by atoms with Crippen LogP contribution in [0.25, 0.3) is 5.76 Å². The molecule has 4 aromatic rings. The molecule has 1 atom stereocenters. The third kappa shape index (κ3) is 5.01. The molecular formula is C30H24ClNO6. The summed E-state index contributed by atoms with van der Waals surface area (Å²) in [6.45, 7) is 0.388. The van der Waals surface area contributed by atoms with Crippen molar-refractivity contribution in [2.24, 2.45) is 0 Å². The van der Waals surface area contributed by atoms with Gasteiger partial charge in [0, 0.05) is 5.56 Å². The number of furan rings is 1. The van der Waals surface area contributed by atoms with Gasteiger partial charge < -0.3 is 23.9 Å². The first-order valence-electron chi connectivity index (χ1n) is 11.9. The van der Waals surface area contributed by atoms with Crippen molar-refractivity contribution in [2.75, 3.05) is 7.11 Å². The van der Waals surface area contributed by atoms with E-state index in [0.29, 0.717) is 40.0 Å². The third-order valence-corrected chi connectivity index (χ3v) is 6.61. The highest BCUT2D eigenvalue weighted by Crippen LogP contribution is 2.42. The summed E-state index contributed by atoms with van der Waals surface area (Å²) < 4.78 is 16.7. The van der Waals surface area contributed by atoms with Crippen LogP contribution >= 0.6 is 11.6 Å². The molecule has 0 radical (unpaired) electrons. The van der Waals surface area contributed by atoms with Crippen molar-refractivity contribution < 1.29 is 28.6 Å². The van der Waals surface area contributed by atoms with E-state index in [1.54, 1.807) is 48.5 Å². The molecule has 0 saturated carbocycles. The number of likely N-dealkylation sites (tertiary alicyclic amines) is 1. The molecule has 1 aliphatic heterocycles. The summed E-state index contributed by atoms with van der Waals surface area (Å²) in [7, 11) is 1.45. The van der Waals surface area contributed by atoms with Crippen LogP contribution in [0.2, 0.25) is 5.02 Å². The van der Waals surface area contributed by atoms with Gasteiger partial charge in [-0.1, -0.05) is 54.1 Å². The van der Waals surface area contributed by atoms with E-state index in [-0.39, 0.29) is 17.9 Å². The Balaban J connectivity index is 1.57. The zero-order chi connectivity index (χ0) is 26.6. The van der Waals surface area contributed by atoms with E-state index in [2.05, 4.69) is 0 Å². The molecule has 8 heteroatoms. The minimum atomic E-state index is -0.887. The number of amides is 1. The summed E-state index contributed by atoms with van der Waals surface area (Å²) in [5, 5.41) is 11.7. The monoisotopic (exact) mass is 529 g/mol. The highest BCUT2D eigenvalue weighted by Gasteiger charge is 2.46. The molecule has 1 unspecified atom stereocenters. The van der Waals surface area contributed by atoms with Crippen LogP contribution in [0, 0.1) is 0 Å². The van der Waals surface area contributed by atoms with Crippen molar-refractivity contribution in [1.82, 2.24) is 4.90 Å². The number of hydrogen-bond acceptors (Lipinski definition) is 6. The summed E-state index contributed by atoms with van der Waals surface area (Å²) in [6, 6.07) is 24.1. The fourth-order valence-electron chi connectivity index (χ4n) is 4.44. The minimum Gasteiger partial charge on any atom is -0.507 e. The summed E-state index contributed by atoms with van der Waals surface area (Å²) in [5.41, 5.74) is 1.84. The lowest BCUT2D eigenvalue weighted by atomic mass is 9.95. The normalized spacial score (nSPS) is 16.6. The van der Waals surface area contributed by atoms with Crippen LogP contribution in [0.5, 0.6) is 11.5 Å². The van der Waals surface area contributed by atoms with Gasteiger partial charge in [-0.25, -0.2) is 0 Å². The first-order chi connectivity index (χ1) is 18.5. The van der Waals surface area contributed by atoms with Crippen molar-refractivity contribution >= 4 is 29.1 Å². The molecule has 7 nitrogen and oxygen atoms in total. The molecule has 1 aliphatic rings. The molecule has 2 heterocycles. The average molecular weight is 530 g/mol. The Morgan fingerprint density at radius 2 is 1.82 bits per heavy atom. The minimum absolute atomic E-state index is 0.0397. The van der Waals surface area contributed by atoms with Gasteiger partial charge in [0.05, 0.1) is 36.6 Å². The lowest BCUT2D eigenvalue weighted by Crippen LogP contribution is -2.29. The summed E-state index contributed by atoms with van der Waals surface area (Å²) in [4.78, 5) is 28.0. The number of aliphatic hydroxyl groups excluding tert-OH is 1. The molecule has 0 spiro atoms. The number of ether oxygens (including phenoxy) is 2. The Morgan fingerprint density at radius 1 is 1.00 bits per heavy atom. The second kappa shape index (κ2) is 10.9. The van der Waals surface area contributed by atoms with Gasteiger partial charge in [0.25, 0.3) is 11.7 Å². The molecule has 1 aromatic heterocycles. The van der Waals surface area contributed by atoms with Crippen LogP contribution in [0.1, 0.15) is 28.5 Å². The van der Waals surface area contributed by atoms with Crippen molar-refractivity contribution in [1.29, 1.82) is 0 Å². The maximum atomic E-state index is 13.3. The number of carbonyl (C=O) groups is 2. The number of nitrogens with zero attached hydrogens (tertiary/aromatic N) is 1. The van der Waals surface area contributed by atoms with Crippen LogP contribution in [-0.2, 0) is 22.7 Å². The number of hydrogen-bond donors (Lipinski definition) is 1. The van der Waals surface area contributed by atoms with E-state index < -0.39 is 17.7 Å². The average Bonchev–Trinajstić information content (AvgIpc) is 3.55. The molecular weight excluding hydrogens is 506 g/mol. The van der Waals surface area contributed by atoms with E-state index in [4.69, 9.17) is 25.5 Å². The molecule has 1 fully saturated rings. The number of methoxy groups -OCH3 is 1. The Labute approximate surface area is 224 Å². The smallest absolute Gasteiger partial charge is 0.296 e. The quantitative estimate of drug-likeness (QED) is 0.167. The lowest BCUT2D eigenvalue weighted by molar-refractivity contribution is -0.140. The molecule has 1 N–H and O–H groups in total. The molecule has 38 heavy (non-hydrogen) atoms. The van der Waals surface area contributed by atoms with Crippen LogP contribution in [0.4, 0.5) is 0 Å². The number of Topliss-reactive ketones (excluding diaryl/α,β-unsaturated/α-hetero) is 1. The van der Waals surface area contributed by atoms with Crippen LogP contribution in [-0.4, -0.2) is 28.8 Å². The van der Waals surface area contributed by atoms with E-state index in [9.17, 15) is 14.7 Å². The number of rotatable bonds is 8. The van der Waals surface area contributed by atoms with Crippen molar-refractivity contribution in [3.63, 3.8) is 0 Å². The Bertz CT molecular complexity index is 1500. The van der Waals surface area contributed by atoms with Gasteiger partial charge in [-0.2, -0.15) is 0 Å². The van der Waals surface area contributed by atoms with E-state index >= 15 is 0 Å². The Morgan fingerprint density at radius 3 is 2.55 bits per heavy atom. The van der Waals surface area contributed by atoms with E-state index in [0.717, 1.165) is 5.56 Å². The van der Waals surface area contributed by atoms with Gasteiger partial charge in [-0.05, 0) is 53.6 Å². The fourth-order valence-corrected chi connectivity index (χ4v) is 4.63. The van der Waals surface area contributed by atoms with Crippen LogP contribution in [0.15, 0.2) is 101 Å². The van der Waals surface area contributed by atoms with Gasteiger partial charge >= 0.3 is 0 Å². The van der Waals surface area contributed by atoms with E-state index in [1.807, 2.05) is 30.3 Å². The predicted octanol–water partition coefficient (Wildman–Crippen LogP) is 6.14. The van der Waals surface area contributed by atoms with Gasteiger partial charge in [0.2, 0.25) is 0 Å². The largest absolute Gasteiger partial charge is 0.507 e. The first-order valence-corrected chi connectivity index (χ1v) is 12.3. The first kappa shape index (κ1) is 25.2. The van der Waals surface area contributed by atoms with Crippen molar-refractivity contribution in [3.8, 4) is 11.5 Å². The lowest BCUT2D eigenvalue weighted by Gasteiger charge is -2.25. The SMILES string of the molecule is COc1cc(/C(O)=C2/C(=O)C(=O)N(Cc3ccco3)C2c2cccc(OCc3ccccc3)c2)ccc1Cl. The molecule has 0 bridgehead atoms. The number of carbonyl (C=O) groups excluding carboxylic acids is 2. The van der Waals surface area contributed by atoms with Crippen molar-refractivity contribution in [3.05, 3.63) is 124 Å². The molecule has 1 amide bonds. The third-order valence-electron chi connectivity index (χ3n) is 6.29. The second-order valence-electron chi connectivity index (χ2n) is 8.70. The number of halogens is 1. The Hall–Kier alpha value is -4.49.